The van der Waals surface area contributed by atoms with Crippen molar-refractivity contribution in [1.29, 1.82) is 0 Å². The molecule has 4 heteroatoms. The largest absolute Gasteiger partial charge is 0.450 e. The minimum Gasteiger partial charge on any atom is -0.450 e. The Hall–Kier alpha value is -1.22. The van der Waals surface area contributed by atoms with Crippen molar-refractivity contribution in [2.24, 2.45) is 5.41 Å². The Labute approximate surface area is 124 Å². The van der Waals surface area contributed by atoms with E-state index in [1.165, 1.54) is 11.1 Å². The molecular formula is C16H20ClNO2. The number of carbonyl (C=O) groups excluding carboxylic acids is 1. The highest BCUT2D eigenvalue weighted by molar-refractivity contribution is 6.31. The van der Waals surface area contributed by atoms with Gasteiger partial charge in [-0.15, -0.1) is 0 Å². The number of amides is 1. The maximum Gasteiger partial charge on any atom is 0.409 e. The molecule has 0 radical (unpaired) electrons. The Balaban J connectivity index is 1.92. The van der Waals surface area contributed by atoms with Gasteiger partial charge >= 0.3 is 6.09 Å². The van der Waals surface area contributed by atoms with Crippen LogP contribution in [0.4, 0.5) is 4.79 Å². The number of hydrogen-bond acceptors (Lipinski definition) is 2. The van der Waals surface area contributed by atoms with Crippen molar-refractivity contribution in [3.63, 3.8) is 0 Å². The van der Waals surface area contributed by atoms with E-state index in [4.69, 9.17) is 16.3 Å². The molecule has 0 saturated carbocycles. The summed E-state index contributed by atoms with van der Waals surface area (Å²) in [5.74, 6) is 0.370. The first-order valence-electron chi connectivity index (χ1n) is 7.24. The normalized spacial score (nSPS) is 27.9. The Kier molecular flexibility index (Phi) is 3.41. The molecule has 1 unspecified atom stereocenters. The molecule has 1 amide bonds. The lowest BCUT2D eigenvalue weighted by Gasteiger charge is -2.36. The maximum absolute atomic E-state index is 12.0. The summed E-state index contributed by atoms with van der Waals surface area (Å²) in [6, 6.07) is 6.14. The van der Waals surface area contributed by atoms with Gasteiger partial charge in [0.1, 0.15) is 0 Å². The molecule has 3 rings (SSSR count). The average Bonchev–Trinajstić information content (AvgIpc) is 2.77. The lowest BCUT2D eigenvalue weighted by atomic mass is 9.67. The molecule has 20 heavy (non-hydrogen) atoms. The van der Waals surface area contributed by atoms with Crippen LogP contribution in [0.1, 0.15) is 37.3 Å². The summed E-state index contributed by atoms with van der Waals surface area (Å²) in [6.07, 6.45) is 1.88. The van der Waals surface area contributed by atoms with Gasteiger partial charge in [-0.3, -0.25) is 0 Å². The van der Waals surface area contributed by atoms with Crippen molar-refractivity contribution in [1.82, 2.24) is 4.90 Å². The Morgan fingerprint density at radius 1 is 1.55 bits per heavy atom. The van der Waals surface area contributed by atoms with Crippen LogP contribution in [0.15, 0.2) is 18.2 Å². The van der Waals surface area contributed by atoms with Crippen molar-refractivity contribution >= 4 is 17.7 Å². The van der Waals surface area contributed by atoms with E-state index in [1.54, 1.807) is 0 Å². The molecule has 1 saturated heterocycles. The molecule has 0 bridgehead atoms. The first-order chi connectivity index (χ1) is 9.55. The van der Waals surface area contributed by atoms with Crippen molar-refractivity contribution < 1.29 is 9.53 Å². The molecule has 1 aliphatic carbocycles. The summed E-state index contributed by atoms with van der Waals surface area (Å²) in [4.78, 5) is 13.8. The van der Waals surface area contributed by atoms with Crippen LogP contribution in [-0.2, 0) is 11.2 Å². The van der Waals surface area contributed by atoms with E-state index in [1.807, 2.05) is 24.0 Å². The van der Waals surface area contributed by atoms with Crippen LogP contribution in [0.2, 0.25) is 5.02 Å². The highest BCUT2D eigenvalue weighted by atomic mass is 35.5. The van der Waals surface area contributed by atoms with Gasteiger partial charge in [-0.25, -0.2) is 4.79 Å². The first-order valence-corrected chi connectivity index (χ1v) is 7.62. The van der Waals surface area contributed by atoms with E-state index in [0.717, 1.165) is 31.0 Å². The van der Waals surface area contributed by atoms with E-state index in [9.17, 15) is 4.79 Å². The van der Waals surface area contributed by atoms with Crippen molar-refractivity contribution in [2.45, 2.75) is 32.6 Å². The minimum atomic E-state index is -0.188. The quantitative estimate of drug-likeness (QED) is 0.787. The predicted octanol–water partition coefficient (Wildman–Crippen LogP) is 3.85. The number of fused-ring (bicyclic) bond motifs is 3. The van der Waals surface area contributed by atoms with E-state index >= 15 is 0 Å². The maximum atomic E-state index is 12.0. The zero-order chi connectivity index (χ0) is 14.3. The molecule has 2 atom stereocenters. The summed E-state index contributed by atoms with van der Waals surface area (Å²) in [6.45, 7) is 6.07. The van der Waals surface area contributed by atoms with Gasteiger partial charge in [0.15, 0.2) is 0 Å². The van der Waals surface area contributed by atoms with Gasteiger partial charge < -0.3 is 9.64 Å². The van der Waals surface area contributed by atoms with E-state index < -0.39 is 0 Å². The Bertz CT molecular complexity index is 545. The van der Waals surface area contributed by atoms with E-state index in [2.05, 4.69) is 13.0 Å². The third-order valence-electron chi connectivity index (χ3n) is 4.80. The molecule has 1 aromatic carbocycles. The summed E-state index contributed by atoms with van der Waals surface area (Å²) in [7, 11) is 0. The molecular weight excluding hydrogens is 274 g/mol. The lowest BCUT2D eigenvalue weighted by Crippen LogP contribution is -2.32. The monoisotopic (exact) mass is 293 g/mol. The molecule has 108 valence electrons. The highest BCUT2D eigenvalue weighted by Crippen LogP contribution is 2.51. The third kappa shape index (κ3) is 2.08. The van der Waals surface area contributed by atoms with Crippen LogP contribution in [0.5, 0.6) is 0 Å². The highest BCUT2D eigenvalue weighted by Gasteiger charge is 2.48. The zero-order valence-corrected chi connectivity index (χ0v) is 12.7. The Morgan fingerprint density at radius 3 is 3.10 bits per heavy atom. The number of nitrogens with zero attached hydrogens (tertiary/aromatic N) is 1. The summed E-state index contributed by atoms with van der Waals surface area (Å²) < 4.78 is 5.15. The van der Waals surface area contributed by atoms with Gasteiger partial charge in [0.2, 0.25) is 0 Å². The van der Waals surface area contributed by atoms with E-state index in [0.29, 0.717) is 12.5 Å². The number of ether oxygens (including phenoxy) is 1. The average molecular weight is 294 g/mol. The van der Waals surface area contributed by atoms with E-state index in [-0.39, 0.29) is 11.5 Å². The molecule has 0 spiro atoms. The van der Waals surface area contributed by atoms with Gasteiger partial charge in [0, 0.05) is 24.0 Å². The molecule has 1 aromatic rings. The van der Waals surface area contributed by atoms with Gasteiger partial charge in [0.25, 0.3) is 0 Å². The fraction of sp³-hybridized carbons (Fsp3) is 0.562. The number of benzene rings is 1. The number of rotatable bonds is 1. The first kappa shape index (κ1) is 13.7. The standard InChI is InChI=1S/C16H20ClNO2/c1-3-20-15(19)18-9-13-11-5-4-6-14(17)12(11)7-8-16(13,2)10-18/h4-6,13H,3,7-10H2,1-2H3/t13?,16-/m0/s1. The molecule has 0 N–H and O–H groups in total. The second-order valence-electron chi connectivity index (χ2n) is 6.09. The third-order valence-corrected chi connectivity index (χ3v) is 5.15. The number of halogens is 1. The zero-order valence-electron chi connectivity index (χ0n) is 12.0. The van der Waals surface area contributed by atoms with Crippen LogP contribution in [-0.4, -0.2) is 30.7 Å². The van der Waals surface area contributed by atoms with Crippen LogP contribution in [0.3, 0.4) is 0 Å². The summed E-state index contributed by atoms with van der Waals surface area (Å²) in [5.41, 5.74) is 2.73. The van der Waals surface area contributed by atoms with Gasteiger partial charge in [-0.1, -0.05) is 30.7 Å². The van der Waals surface area contributed by atoms with Crippen molar-refractivity contribution in [2.75, 3.05) is 19.7 Å². The molecule has 3 nitrogen and oxygen atoms in total. The van der Waals surface area contributed by atoms with Gasteiger partial charge in [-0.05, 0) is 42.4 Å². The van der Waals surface area contributed by atoms with Gasteiger partial charge in [0.05, 0.1) is 6.61 Å². The number of carbonyl (C=O) groups is 1. The molecule has 1 fully saturated rings. The van der Waals surface area contributed by atoms with Gasteiger partial charge in [-0.2, -0.15) is 0 Å². The minimum absolute atomic E-state index is 0.143. The predicted molar refractivity (Wildman–Crippen MR) is 79.2 cm³/mol. The van der Waals surface area contributed by atoms with Crippen LogP contribution >= 0.6 is 11.6 Å². The lowest BCUT2D eigenvalue weighted by molar-refractivity contribution is 0.111. The SMILES string of the molecule is CCOC(=O)N1CC2c3cccc(Cl)c3CC[C@@]2(C)C1. The topological polar surface area (TPSA) is 29.5 Å². The Morgan fingerprint density at radius 2 is 2.35 bits per heavy atom. The smallest absolute Gasteiger partial charge is 0.409 e. The summed E-state index contributed by atoms with van der Waals surface area (Å²) in [5, 5.41) is 0.860. The number of hydrogen-bond donors (Lipinski definition) is 0. The fourth-order valence-electron chi connectivity index (χ4n) is 3.71. The molecule has 0 aromatic heterocycles. The summed E-state index contributed by atoms with van der Waals surface area (Å²) >= 11 is 6.32. The second-order valence-corrected chi connectivity index (χ2v) is 6.50. The van der Waals surface area contributed by atoms with Crippen molar-refractivity contribution in [3.05, 3.63) is 34.3 Å². The van der Waals surface area contributed by atoms with Crippen LogP contribution in [0.25, 0.3) is 0 Å². The fourth-order valence-corrected chi connectivity index (χ4v) is 3.98. The van der Waals surface area contributed by atoms with Crippen molar-refractivity contribution in [3.8, 4) is 0 Å². The van der Waals surface area contributed by atoms with Crippen LogP contribution < -0.4 is 0 Å². The second kappa shape index (κ2) is 4.96. The molecule has 2 aliphatic rings. The molecule has 1 heterocycles. The molecule has 1 aliphatic heterocycles. The van der Waals surface area contributed by atoms with Crippen LogP contribution in [0, 0.1) is 5.41 Å². The number of likely N-dealkylation sites (tertiary alicyclic amines) is 1.